The molecule has 0 aliphatic carbocycles. The second kappa shape index (κ2) is 7.54. The van der Waals surface area contributed by atoms with Crippen LogP contribution in [0.3, 0.4) is 0 Å². The highest BCUT2D eigenvalue weighted by atomic mass is 32.1. The Kier molecular flexibility index (Phi) is 4.74. The lowest BCUT2D eigenvalue weighted by Crippen LogP contribution is -1.89. The number of fused-ring (bicyclic) bond motifs is 2. The molecule has 0 atom stereocenters. The van der Waals surface area contributed by atoms with E-state index >= 15 is 0 Å². The molecule has 0 radical (unpaired) electrons. The van der Waals surface area contributed by atoms with Crippen molar-refractivity contribution in [3.63, 3.8) is 0 Å². The molecule has 4 heteroatoms. The lowest BCUT2D eigenvalue weighted by atomic mass is 10.0. The van der Waals surface area contributed by atoms with E-state index in [-0.39, 0.29) is 0 Å². The van der Waals surface area contributed by atoms with Crippen molar-refractivity contribution in [2.24, 2.45) is 0 Å². The lowest BCUT2D eigenvalue weighted by molar-refractivity contribution is 0.866. The van der Waals surface area contributed by atoms with E-state index in [1.54, 1.807) is 22.7 Å². The van der Waals surface area contributed by atoms with E-state index in [4.69, 9.17) is 9.97 Å². The van der Waals surface area contributed by atoms with Gasteiger partial charge in [0.2, 0.25) is 0 Å². The van der Waals surface area contributed by atoms with E-state index < -0.39 is 0 Å². The minimum atomic E-state index is 0.529. The first-order valence-electron chi connectivity index (χ1n) is 9.71. The second-order valence-corrected chi connectivity index (χ2v) is 9.41. The molecule has 0 fully saturated rings. The van der Waals surface area contributed by atoms with Crippen LogP contribution in [0.4, 0.5) is 0 Å². The Hall–Kier alpha value is -2.82. The number of nitrogens with zero attached hydrogens (tertiary/aromatic N) is 2. The maximum atomic E-state index is 4.92. The summed E-state index contributed by atoms with van der Waals surface area (Å²) in [6.07, 6.45) is 2.22. The van der Waals surface area contributed by atoms with Crippen molar-refractivity contribution < 1.29 is 0 Å². The Labute approximate surface area is 178 Å². The molecule has 0 saturated carbocycles. The maximum absolute atomic E-state index is 4.92. The van der Waals surface area contributed by atoms with E-state index in [0.29, 0.717) is 5.92 Å². The first kappa shape index (κ1) is 18.2. The summed E-state index contributed by atoms with van der Waals surface area (Å²) in [4.78, 5) is 9.84. The molecule has 0 aliphatic rings. The predicted octanol–water partition coefficient (Wildman–Crippen LogP) is 7.62. The molecule has 29 heavy (non-hydrogen) atoms. The van der Waals surface area contributed by atoms with Gasteiger partial charge in [0, 0.05) is 5.57 Å². The van der Waals surface area contributed by atoms with Gasteiger partial charge in [0.1, 0.15) is 10.0 Å². The molecule has 3 aromatic carbocycles. The van der Waals surface area contributed by atoms with Gasteiger partial charge >= 0.3 is 0 Å². The lowest BCUT2D eigenvalue weighted by Gasteiger charge is -2.06. The fourth-order valence-corrected chi connectivity index (χ4v) is 5.36. The highest BCUT2D eigenvalue weighted by Crippen LogP contribution is 2.36. The number of aromatic nitrogens is 2. The predicted molar refractivity (Wildman–Crippen MR) is 127 cm³/mol. The van der Waals surface area contributed by atoms with Gasteiger partial charge in [-0.25, -0.2) is 9.97 Å². The van der Waals surface area contributed by atoms with E-state index in [2.05, 4.69) is 80.6 Å². The molecule has 2 nitrogen and oxygen atoms in total. The number of rotatable bonds is 4. The van der Waals surface area contributed by atoms with E-state index in [1.165, 1.54) is 20.5 Å². The molecular formula is C25H20N2S2. The van der Waals surface area contributed by atoms with Gasteiger partial charge in [-0.15, -0.1) is 22.7 Å². The van der Waals surface area contributed by atoms with Crippen LogP contribution in [0.2, 0.25) is 0 Å². The van der Waals surface area contributed by atoms with Crippen molar-refractivity contribution >= 4 is 54.8 Å². The summed E-state index contributed by atoms with van der Waals surface area (Å²) in [5.41, 5.74) is 5.68. The summed E-state index contributed by atoms with van der Waals surface area (Å²) in [6, 6.07) is 25.4. The first-order chi connectivity index (χ1) is 14.2. The van der Waals surface area contributed by atoms with Crippen LogP contribution in [0.15, 0.2) is 72.8 Å². The quantitative estimate of drug-likeness (QED) is 0.303. The van der Waals surface area contributed by atoms with E-state index in [1.807, 2.05) is 12.1 Å². The number of hydrogen-bond donors (Lipinski definition) is 0. The molecule has 0 saturated heterocycles. The van der Waals surface area contributed by atoms with Crippen LogP contribution in [-0.4, -0.2) is 9.97 Å². The van der Waals surface area contributed by atoms with Crippen LogP contribution in [0.5, 0.6) is 0 Å². The van der Waals surface area contributed by atoms with Crippen molar-refractivity contribution in [2.45, 2.75) is 19.8 Å². The largest absolute Gasteiger partial charge is 0.236 e. The van der Waals surface area contributed by atoms with Crippen LogP contribution < -0.4 is 0 Å². The van der Waals surface area contributed by atoms with Crippen LogP contribution >= 0.6 is 22.7 Å². The maximum Gasteiger partial charge on any atom is 0.127 e. The third-order valence-electron chi connectivity index (χ3n) is 4.96. The molecule has 0 spiro atoms. The fourth-order valence-electron chi connectivity index (χ4n) is 3.33. The summed E-state index contributed by atoms with van der Waals surface area (Å²) >= 11 is 3.45. The molecule has 0 bridgehead atoms. The molecule has 5 aromatic rings. The summed E-state index contributed by atoms with van der Waals surface area (Å²) in [7, 11) is 0. The summed E-state index contributed by atoms with van der Waals surface area (Å²) in [5, 5.41) is 2.02. The number of para-hydroxylation sites is 2. The molecular weight excluding hydrogens is 392 g/mol. The fraction of sp³-hybridized carbons (Fsp3) is 0.120. The monoisotopic (exact) mass is 412 g/mol. The Bertz CT molecular complexity index is 1180. The van der Waals surface area contributed by atoms with Gasteiger partial charge in [-0.1, -0.05) is 62.4 Å². The molecule has 5 rings (SSSR count). The zero-order chi connectivity index (χ0) is 19.8. The van der Waals surface area contributed by atoms with Crippen molar-refractivity contribution in [1.82, 2.24) is 9.97 Å². The molecule has 0 aliphatic heterocycles. The smallest absolute Gasteiger partial charge is 0.127 e. The zero-order valence-electron chi connectivity index (χ0n) is 16.3. The molecule has 142 valence electrons. The SMILES string of the molecule is CC(C)c1ccc(C=C(c2nc3ccccc3s2)c2nc3ccccc3s2)cc1. The van der Waals surface area contributed by atoms with Crippen LogP contribution in [-0.2, 0) is 0 Å². The Morgan fingerprint density at radius 3 is 1.72 bits per heavy atom. The normalized spacial score (nSPS) is 11.4. The zero-order valence-corrected chi connectivity index (χ0v) is 17.9. The second-order valence-electron chi connectivity index (χ2n) is 7.35. The summed E-state index contributed by atoms with van der Waals surface area (Å²) in [5.74, 6) is 0.529. The summed E-state index contributed by atoms with van der Waals surface area (Å²) in [6.45, 7) is 4.44. The van der Waals surface area contributed by atoms with Gasteiger partial charge in [-0.2, -0.15) is 0 Å². The Morgan fingerprint density at radius 1 is 0.724 bits per heavy atom. The third-order valence-corrected chi connectivity index (χ3v) is 7.10. The molecule has 0 amide bonds. The van der Waals surface area contributed by atoms with E-state index in [9.17, 15) is 0 Å². The average Bonchev–Trinajstić information content (AvgIpc) is 3.36. The van der Waals surface area contributed by atoms with Crippen molar-refractivity contribution in [3.05, 3.63) is 93.9 Å². The van der Waals surface area contributed by atoms with E-state index in [0.717, 1.165) is 26.6 Å². The minimum absolute atomic E-state index is 0.529. The standard InChI is InChI=1S/C25H20N2S2/c1-16(2)18-13-11-17(12-14-18)15-19(24-26-20-7-3-5-9-22(20)28-24)25-27-21-8-4-6-10-23(21)29-25/h3-16H,1-2H3. The Balaban J connectivity index is 1.67. The van der Waals surface area contributed by atoms with Gasteiger partial charge in [0.15, 0.2) is 0 Å². The van der Waals surface area contributed by atoms with Gasteiger partial charge in [0.25, 0.3) is 0 Å². The topological polar surface area (TPSA) is 25.8 Å². The minimum Gasteiger partial charge on any atom is -0.236 e. The van der Waals surface area contributed by atoms with Gasteiger partial charge in [0.05, 0.1) is 20.4 Å². The highest BCUT2D eigenvalue weighted by Gasteiger charge is 2.15. The molecule has 2 aromatic heterocycles. The van der Waals surface area contributed by atoms with Crippen LogP contribution in [0, 0.1) is 0 Å². The van der Waals surface area contributed by atoms with Gasteiger partial charge < -0.3 is 0 Å². The third kappa shape index (κ3) is 3.61. The number of hydrogen-bond acceptors (Lipinski definition) is 4. The highest BCUT2D eigenvalue weighted by molar-refractivity contribution is 7.22. The number of benzene rings is 3. The summed E-state index contributed by atoms with van der Waals surface area (Å²) < 4.78 is 2.40. The Morgan fingerprint density at radius 2 is 1.24 bits per heavy atom. The average molecular weight is 413 g/mol. The number of thiazole rings is 2. The van der Waals surface area contributed by atoms with Crippen LogP contribution in [0.1, 0.15) is 40.9 Å². The van der Waals surface area contributed by atoms with Crippen LogP contribution in [0.25, 0.3) is 32.1 Å². The van der Waals surface area contributed by atoms with Gasteiger partial charge in [-0.3, -0.25) is 0 Å². The van der Waals surface area contributed by atoms with Crippen molar-refractivity contribution in [2.75, 3.05) is 0 Å². The molecule has 2 heterocycles. The van der Waals surface area contributed by atoms with Crippen molar-refractivity contribution in [1.29, 1.82) is 0 Å². The van der Waals surface area contributed by atoms with Crippen molar-refractivity contribution in [3.8, 4) is 0 Å². The molecule has 0 unspecified atom stereocenters. The molecule has 0 N–H and O–H groups in total. The first-order valence-corrected chi connectivity index (χ1v) is 11.3. The van der Waals surface area contributed by atoms with Gasteiger partial charge in [-0.05, 0) is 47.4 Å².